The zero-order valence-corrected chi connectivity index (χ0v) is 15.4. The number of hydrogen-bond acceptors (Lipinski definition) is 3. The molecule has 5 nitrogen and oxygen atoms in total. The summed E-state index contributed by atoms with van der Waals surface area (Å²) in [5.74, 6) is 0.376. The third-order valence-corrected chi connectivity index (χ3v) is 5.79. The van der Waals surface area contributed by atoms with Gasteiger partial charge in [-0.15, -0.1) is 0 Å². The largest absolute Gasteiger partial charge is 0.352 e. The first-order valence-electron chi connectivity index (χ1n) is 9.78. The molecular weight excluding hydrogens is 338 g/mol. The van der Waals surface area contributed by atoms with E-state index < -0.39 is 0 Å². The molecule has 1 aliphatic heterocycles. The predicted molar refractivity (Wildman–Crippen MR) is 104 cm³/mol. The monoisotopic (exact) mass is 363 g/mol. The highest BCUT2D eigenvalue weighted by molar-refractivity contribution is 5.97. The summed E-state index contributed by atoms with van der Waals surface area (Å²) in [5.41, 5.74) is 3.33. The van der Waals surface area contributed by atoms with Crippen molar-refractivity contribution in [1.29, 1.82) is 0 Å². The Morgan fingerprint density at radius 1 is 1.04 bits per heavy atom. The second-order valence-electron chi connectivity index (χ2n) is 7.50. The van der Waals surface area contributed by atoms with Crippen molar-refractivity contribution in [3.63, 3.8) is 0 Å². The molecule has 0 spiro atoms. The van der Waals surface area contributed by atoms with Crippen LogP contribution in [0.3, 0.4) is 0 Å². The van der Waals surface area contributed by atoms with E-state index in [0.717, 1.165) is 49.9 Å². The fourth-order valence-corrected chi connectivity index (χ4v) is 4.23. The van der Waals surface area contributed by atoms with Gasteiger partial charge in [-0.1, -0.05) is 24.3 Å². The van der Waals surface area contributed by atoms with Gasteiger partial charge in [0.05, 0.1) is 0 Å². The molecular formula is C22H25N3O2. The zero-order valence-electron chi connectivity index (χ0n) is 15.4. The summed E-state index contributed by atoms with van der Waals surface area (Å²) >= 11 is 0. The zero-order chi connectivity index (χ0) is 18.6. The highest BCUT2D eigenvalue weighted by atomic mass is 16.2. The number of nitrogens with zero attached hydrogens (tertiary/aromatic N) is 2. The molecule has 1 saturated carbocycles. The Bertz CT molecular complexity index is 813. The van der Waals surface area contributed by atoms with Gasteiger partial charge in [-0.25, -0.2) is 0 Å². The lowest BCUT2D eigenvalue weighted by atomic mass is 9.81. The minimum absolute atomic E-state index is 0.0107. The number of aromatic nitrogens is 1. The van der Waals surface area contributed by atoms with Crippen LogP contribution in [0.15, 0.2) is 48.8 Å². The van der Waals surface area contributed by atoms with Crippen molar-refractivity contribution in [1.82, 2.24) is 10.3 Å². The number of amides is 2. The summed E-state index contributed by atoms with van der Waals surface area (Å²) in [6, 6.07) is 12.0. The number of nitrogens with one attached hydrogen (secondary N) is 1. The molecule has 1 fully saturated rings. The van der Waals surface area contributed by atoms with Crippen molar-refractivity contribution in [3.8, 4) is 0 Å². The molecule has 1 aromatic carbocycles. The van der Waals surface area contributed by atoms with Crippen LogP contribution in [-0.4, -0.2) is 23.3 Å². The van der Waals surface area contributed by atoms with Crippen LogP contribution in [0.1, 0.15) is 36.8 Å². The van der Waals surface area contributed by atoms with Gasteiger partial charge in [-0.05, 0) is 55.4 Å². The molecule has 0 radical (unpaired) electrons. The van der Waals surface area contributed by atoms with Gasteiger partial charge in [0.25, 0.3) is 0 Å². The fraction of sp³-hybridized carbons (Fsp3) is 0.409. The van der Waals surface area contributed by atoms with Crippen LogP contribution in [0.25, 0.3) is 0 Å². The van der Waals surface area contributed by atoms with Gasteiger partial charge in [0, 0.05) is 43.0 Å². The Balaban J connectivity index is 1.29. The van der Waals surface area contributed by atoms with Crippen LogP contribution < -0.4 is 10.2 Å². The molecule has 1 N–H and O–H groups in total. The maximum absolute atomic E-state index is 13.0. The number of anilines is 1. The van der Waals surface area contributed by atoms with Crippen LogP contribution in [0.2, 0.25) is 0 Å². The third kappa shape index (κ3) is 3.87. The van der Waals surface area contributed by atoms with Crippen molar-refractivity contribution in [2.45, 2.75) is 38.6 Å². The van der Waals surface area contributed by atoms with E-state index in [-0.39, 0.29) is 23.7 Å². The van der Waals surface area contributed by atoms with Crippen molar-refractivity contribution < 1.29 is 9.59 Å². The van der Waals surface area contributed by atoms with Crippen LogP contribution in [0.5, 0.6) is 0 Å². The van der Waals surface area contributed by atoms with E-state index in [1.807, 2.05) is 35.2 Å². The molecule has 2 aromatic rings. The summed E-state index contributed by atoms with van der Waals surface area (Å²) in [6.45, 7) is 1.29. The van der Waals surface area contributed by atoms with Crippen molar-refractivity contribution in [3.05, 3.63) is 59.9 Å². The Hall–Kier alpha value is -2.69. The van der Waals surface area contributed by atoms with Crippen LogP contribution in [0, 0.1) is 11.8 Å². The van der Waals surface area contributed by atoms with E-state index in [1.165, 1.54) is 5.56 Å². The number of para-hydroxylation sites is 1. The molecule has 2 heterocycles. The standard InChI is InChI=1S/C22H25N3O2/c26-21(24-15-16-4-3-12-23-14-16)18-7-9-19(10-8-18)22(27)25-13-11-17-5-1-2-6-20(17)25/h1-6,12,14,18-19H,7-11,13,15H2,(H,24,26). The molecule has 2 aliphatic rings. The lowest BCUT2D eigenvalue weighted by Gasteiger charge is -2.30. The molecule has 0 bridgehead atoms. The minimum atomic E-state index is 0.0107. The molecule has 4 rings (SSSR count). The smallest absolute Gasteiger partial charge is 0.230 e. The molecule has 140 valence electrons. The maximum atomic E-state index is 13.0. The first kappa shape index (κ1) is 17.7. The van der Waals surface area contributed by atoms with Crippen LogP contribution in [0.4, 0.5) is 5.69 Å². The van der Waals surface area contributed by atoms with E-state index in [2.05, 4.69) is 16.4 Å². The van der Waals surface area contributed by atoms with Gasteiger partial charge in [0.15, 0.2) is 0 Å². The Morgan fingerprint density at radius 2 is 1.81 bits per heavy atom. The number of pyridine rings is 1. The number of fused-ring (bicyclic) bond motifs is 1. The normalized spacial score (nSPS) is 21.6. The van der Waals surface area contributed by atoms with Gasteiger partial charge in [0.1, 0.15) is 0 Å². The molecule has 1 aromatic heterocycles. The van der Waals surface area contributed by atoms with Crippen molar-refractivity contribution in [2.24, 2.45) is 11.8 Å². The van der Waals surface area contributed by atoms with Crippen LogP contribution >= 0.6 is 0 Å². The van der Waals surface area contributed by atoms with Gasteiger partial charge in [-0.3, -0.25) is 14.6 Å². The number of carbonyl (C=O) groups excluding carboxylic acids is 2. The first-order valence-corrected chi connectivity index (χ1v) is 9.78. The van der Waals surface area contributed by atoms with Gasteiger partial charge >= 0.3 is 0 Å². The summed E-state index contributed by atoms with van der Waals surface area (Å²) in [5, 5.41) is 3.01. The lowest BCUT2D eigenvalue weighted by Crippen LogP contribution is -2.39. The highest BCUT2D eigenvalue weighted by Crippen LogP contribution is 2.34. The predicted octanol–water partition coefficient (Wildman–Crippen LogP) is 3.09. The second-order valence-corrected chi connectivity index (χ2v) is 7.50. The quantitative estimate of drug-likeness (QED) is 0.908. The van der Waals surface area contributed by atoms with E-state index >= 15 is 0 Å². The Morgan fingerprint density at radius 3 is 2.59 bits per heavy atom. The molecule has 0 saturated heterocycles. The van der Waals surface area contributed by atoms with E-state index in [0.29, 0.717) is 6.54 Å². The van der Waals surface area contributed by atoms with Gasteiger partial charge < -0.3 is 10.2 Å². The van der Waals surface area contributed by atoms with Gasteiger partial charge in [-0.2, -0.15) is 0 Å². The molecule has 0 unspecified atom stereocenters. The Kier molecular flexibility index (Phi) is 5.19. The minimum Gasteiger partial charge on any atom is -0.352 e. The van der Waals surface area contributed by atoms with E-state index in [9.17, 15) is 9.59 Å². The topological polar surface area (TPSA) is 62.3 Å². The van der Waals surface area contributed by atoms with Crippen molar-refractivity contribution >= 4 is 17.5 Å². The summed E-state index contributed by atoms with van der Waals surface area (Å²) < 4.78 is 0. The summed E-state index contributed by atoms with van der Waals surface area (Å²) in [6.07, 6.45) is 7.58. The fourth-order valence-electron chi connectivity index (χ4n) is 4.23. The number of hydrogen-bond donors (Lipinski definition) is 1. The highest BCUT2D eigenvalue weighted by Gasteiger charge is 2.34. The first-order chi connectivity index (χ1) is 13.2. The van der Waals surface area contributed by atoms with Gasteiger partial charge in [0.2, 0.25) is 11.8 Å². The average molecular weight is 363 g/mol. The number of benzene rings is 1. The number of carbonyl (C=O) groups is 2. The SMILES string of the molecule is O=C(NCc1cccnc1)C1CCC(C(=O)N2CCc3ccccc32)CC1. The third-order valence-electron chi connectivity index (χ3n) is 5.79. The summed E-state index contributed by atoms with van der Waals surface area (Å²) in [7, 11) is 0. The molecule has 0 atom stereocenters. The van der Waals surface area contributed by atoms with Crippen LogP contribution in [-0.2, 0) is 22.6 Å². The Labute approximate surface area is 159 Å². The van der Waals surface area contributed by atoms with Crippen molar-refractivity contribution in [2.75, 3.05) is 11.4 Å². The van der Waals surface area contributed by atoms with E-state index in [1.54, 1.807) is 12.4 Å². The summed E-state index contributed by atoms with van der Waals surface area (Å²) in [4.78, 5) is 31.4. The second kappa shape index (κ2) is 7.91. The average Bonchev–Trinajstić information content (AvgIpc) is 3.16. The maximum Gasteiger partial charge on any atom is 0.230 e. The molecule has 2 amide bonds. The molecule has 27 heavy (non-hydrogen) atoms. The molecule has 1 aliphatic carbocycles. The number of rotatable bonds is 4. The lowest BCUT2D eigenvalue weighted by molar-refractivity contribution is -0.129. The van der Waals surface area contributed by atoms with E-state index in [4.69, 9.17) is 0 Å². The molecule has 5 heteroatoms.